The molecule has 1 aromatic heterocycles. The molecule has 0 unspecified atom stereocenters. The van der Waals surface area contributed by atoms with E-state index in [4.69, 9.17) is 4.74 Å². The molecule has 148 valence electrons. The van der Waals surface area contributed by atoms with Crippen molar-refractivity contribution < 1.29 is 14.3 Å². The van der Waals surface area contributed by atoms with Crippen molar-refractivity contribution in [1.82, 2.24) is 15.6 Å². The number of ether oxygens (including phenoxy) is 1. The second kappa shape index (κ2) is 8.87. The molecule has 0 spiro atoms. The molecular weight excluding hydrogens is 386 g/mol. The summed E-state index contributed by atoms with van der Waals surface area (Å²) in [7, 11) is 0. The van der Waals surface area contributed by atoms with Crippen molar-refractivity contribution in [2.24, 2.45) is 0 Å². The lowest BCUT2D eigenvalue weighted by atomic mass is 10.1. The quantitative estimate of drug-likeness (QED) is 0.599. The molecular formula is C22H21N3O3S. The highest BCUT2D eigenvalue weighted by Crippen LogP contribution is 2.19. The number of rotatable bonds is 8. The van der Waals surface area contributed by atoms with E-state index >= 15 is 0 Å². The summed E-state index contributed by atoms with van der Waals surface area (Å²) in [5, 5.41) is 7.79. The van der Waals surface area contributed by atoms with E-state index in [0.717, 1.165) is 24.1 Å². The first-order valence-corrected chi connectivity index (χ1v) is 10.4. The number of carbonyl (C=O) groups excluding carboxylic acids is 2. The molecule has 1 aliphatic rings. The lowest BCUT2D eigenvalue weighted by molar-refractivity contribution is 0.0941. The lowest BCUT2D eigenvalue weighted by Crippen LogP contribution is -2.25. The topological polar surface area (TPSA) is 80.3 Å². The smallest absolute Gasteiger partial charge is 0.251 e. The summed E-state index contributed by atoms with van der Waals surface area (Å²) >= 11 is 1.52. The van der Waals surface area contributed by atoms with E-state index in [-0.39, 0.29) is 11.8 Å². The Morgan fingerprint density at radius 2 is 1.90 bits per heavy atom. The van der Waals surface area contributed by atoms with E-state index in [1.54, 1.807) is 35.8 Å². The third-order valence-corrected chi connectivity index (χ3v) is 5.18. The van der Waals surface area contributed by atoms with Crippen LogP contribution in [0.4, 0.5) is 0 Å². The maximum absolute atomic E-state index is 12.5. The van der Waals surface area contributed by atoms with Gasteiger partial charge in [0.25, 0.3) is 11.8 Å². The average Bonchev–Trinajstić information content (AvgIpc) is 3.41. The Bertz CT molecular complexity index is 983. The van der Waals surface area contributed by atoms with Crippen LogP contribution in [0.1, 0.15) is 44.8 Å². The average molecular weight is 407 g/mol. The Kier molecular flexibility index (Phi) is 5.86. The van der Waals surface area contributed by atoms with Crippen molar-refractivity contribution in [2.75, 3.05) is 0 Å². The highest BCUT2D eigenvalue weighted by atomic mass is 32.1. The van der Waals surface area contributed by atoms with Crippen molar-refractivity contribution in [3.05, 3.63) is 81.8 Å². The Morgan fingerprint density at radius 1 is 1.07 bits per heavy atom. The standard InChI is InChI=1S/C22H21N3O3S/c26-21(17-2-1-3-20(10-17)28-12-19-13-29-14-24-19)23-11-15-4-6-16(7-5-15)22(27)25-18-8-9-18/h1-7,10,13-14,18H,8-9,11-12H2,(H,23,26)(H,25,27). The molecule has 7 heteroatoms. The monoisotopic (exact) mass is 407 g/mol. The number of carbonyl (C=O) groups is 2. The summed E-state index contributed by atoms with van der Waals surface area (Å²) in [6.45, 7) is 0.752. The van der Waals surface area contributed by atoms with Gasteiger partial charge in [0.1, 0.15) is 12.4 Å². The van der Waals surface area contributed by atoms with E-state index in [9.17, 15) is 9.59 Å². The first-order valence-electron chi connectivity index (χ1n) is 9.45. The van der Waals surface area contributed by atoms with Crippen LogP contribution in [0.15, 0.2) is 59.4 Å². The van der Waals surface area contributed by atoms with Gasteiger partial charge in [0.2, 0.25) is 0 Å². The highest BCUT2D eigenvalue weighted by molar-refractivity contribution is 7.07. The van der Waals surface area contributed by atoms with E-state index in [1.165, 1.54) is 11.3 Å². The molecule has 2 amide bonds. The van der Waals surface area contributed by atoms with Gasteiger partial charge in [-0.15, -0.1) is 11.3 Å². The van der Waals surface area contributed by atoms with E-state index in [2.05, 4.69) is 15.6 Å². The molecule has 0 bridgehead atoms. The Morgan fingerprint density at radius 3 is 2.62 bits per heavy atom. The molecule has 4 rings (SSSR count). The lowest BCUT2D eigenvalue weighted by Gasteiger charge is -2.09. The van der Waals surface area contributed by atoms with Crippen LogP contribution in [0.3, 0.4) is 0 Å². The fourth-order valence-electron chi connectivity index (χ4n) is 2.75. The summed E-state index contributed by atoms with van der Waals surface area (Å²) in [6.07, 6.45) is 2.12. The Labute approximate surface area is 172 Å². The van der Waals surface area contributed by atoms with Crippen LogP contribution in [-0.4, -0.2) is 22.8 Å². The molecule has 3 aromatic rings. The van der Waals surface area contributed by atoms with E-state index in [1.807, 2.05) is 23.6 Å². The zero-order chi connectivity index (χ0) is 20.1. The number of thiazole rings is 1. The number of amides is 2. The van der Waals surface area contributed by atoms with Gasteiger partial charge in [-0.05, 0) is 48.7 Å². The fraction of sp³-hybridized carbons (Fsp3) is 0.227. The van der Waals surface area contributed by atoms with Gasteiger partial charge < -0.3 is 15.4 Å². The number of aromatic nitrogens is 1. The van der Waals surface area contributed by atoms with Crippen molar-refractivity contribution in [1.29, 1.82) is 0 Å². The molecule has 1 fully saturated rings. The molecule has 0 saturated heterocycles. The Hall–Kier alpha value is -3.19. The largest absolute Gasteiger partial charge is 0.487 e. The maximum Gasteiger partial charge on any atom is 0.251 e. The van der Waals surface area contributed by atoms with Gasteiger partial charge in [-0.2, -0.15) is 0 Å². The third kappa shape index (κ3) is 5.42. The predicted molar refractivity (Wildman–Crippen MR) is 111 cm³/mol. The number of nitrogens with one attached hydrogen (secondary N) is 2. The molecule has 0 aliphatic heterocycles. The Balaban J connectivity index is 1.29. The molecule has 29 heavy (non-hydrogen) atoms. The van der Waals surface area contributed by atoms with Gasteiger partial charge in [0.15, 0.2) is 0 Å². The number of nitrogens with zero attached hydrogens (tertiary/aromatic N) is 1. The highest BCUT2D eigenvalue weighted by Gasteiger charge is 2.23. The second-order valence-corrected chi connectivity index (χ2v) is 7.64. The van der Waals surface area contributed by atoms with Crippen molar-refractivity contribution >= 4 is 23.2 Å². The zero-order valence-electron chi connectivity index (χ0n) is 15.8. The van der Waals surface area contributed by atoms with Gasteiger partial charge in [-0.1, -0.05) is 18.2 Å². The summed E-state index contributed by atoms with van der Waals surface area (Å²) < 4.78 is 5.70. The number of hydrogen-bond donors (Lipinski definition) is 2. The molecule has 1 aliphatic carbocycles. The first kappa shape index (κ1) is 19.1. The van der Waals surface area contributed by atoms with E-state index < -0.39 is 0 Å². The number of benzene rings is 2. The van der Waals surface area contributed by atoms with Crippen LogP contribution in [0.2, 0.25) is 0 Å². The van der Waals surface area contributed by atoms with Crippen LogP contribution >= 0.6 is 11.3 Å². The van der Waals surface area contributed by atoms with Gasteiger partial charge >= 0.3 is 0 Å². The minimum Gasteiger partial charge on any atom is -0.487 e. The SMILES string of the molecule is O=C(NCc1ccc(C(=O)NC2CC2)cc1)c1cccc(OCc2cscn2)c1. The van der Waals surface area contributed by atoms with Gasteiger partial charge in [-0.3, -0.25) is 9.59 Å². The molecule has 2 N–H and O–H groups in total. The second-order valence-electron chi connectivity index (χ2n) is 6.92. The van der Waals surface area contributed by atoms with Gasteiger partial charge in [0.05, 0.1) is 11.2 Å². The molecule has 0 atom stereocenters. The summed E-state index contributed by atoms with van der Waals surface area (Å²) in [4.78, 5) is 28.7. The van der Waals surface area contributed by atoms with Crippen LogP contribution < -0.4 is 15.4 Å². The van der Waals surface area contributed by atoms with Crippen LogP contribution in [0.25, 0.3) is 0 Å². The minimum atomic E-state index is -0.181. The molecule has 2 aromatic carbocycles. The summed E-state index contributed by atoms with van der Waals surface area (Å²) in [5.41, 5.74) is 4.71. The van der Waals surface area contributed by atoms with Crippen molar-refractivity contribution in [3.63, 3.8) is 0 Å². The summed E-state index contributed by atoms with van der Waals surface area (Å²) in [5.74, 6) is 0.397. The zero-order valence-corrected chi connectivity index (χ0v) is 16.6. The van der Waals surface area contributed by atoms with Crippen LogP contribution in [-0.2, 0) is 13.2 Å². The number of hydrogen-bond acceptors (Lipinski definition) is 5. The maximum atomic E-state index is 12.5. The fourth-order valence-corrected chi connectivity index (χ4v) is 3.29. The molecule has 1 heterocycles. The summed E-state index contributed by atoms with van der Waals surface area (Å²) in [6, 6.07) is 14.7. The van der Waals surface area contributed by atoms with Crippen molar-refractivity contribution in [2.45, 2.75) is 32.0 Å². The van der Waals surface area contributed by atoms with Gasteiger partial charge in [0, 0.05) is 29.1 Å². The first-order chi connectivity index (χ1) is 14.2. The van der Waals surface area contributed by atoms with E-state index in [0.29, 0.717) is 36.1 Å². The predicted octanol–water partition coefficient (Wildman–Crippen LogP) is 3.54. The normalized spacial score (nSPS) is 13.0. The molecule has 0 radical (unpaired) electrons. The molecule has 6 nitrogen and oxygen atoms in total. The third-order valence-electron chi connectivity index (χ3n) is 4.55. The minimum absolute atomic E-state index is 0.0439. The van der Waals surface area contributed by atoms with Crippen LogP contribution in [0, 0.1) is 0 Å². The molecule has 1 saturated carbocycles. The van der Waals surface area contributed by atoms with Crippen LogP contribution in [0.5, 0.6) is 5.75 Å². The van der Waals surface area contributed by atoms with Crippen molar-refractivity contribution in [3.8, 4) is 5.75 Å². The van der Waals surface area contributed by atoms with Gasteiger partial charge in [-0.25, -0.2) is 4.98 Å².